The normalized spacial score (nSPS) is 11.3. The summed E-state index contributed by atoms with van der Waals surface area (Å²) in [4.78, 5) is 24.1. The van der Waals surface area contributed by atoms with Crippen LogP contribution in [0.4, 0.5) is 0 Å². The Kier molecular flexibility index (Phi) is 36.5. The molecule has 0 aliphatic carbocycles. The van der Waals surface area contributed by atoms with Crippen LogP contribution in [0.15, 0.2) is 218 Å². The van der Waals surface area contributed by atoms with Crippen LogP contribution in [0.2, 0.25) is 0 Å². The molecule has 0 aliphatic heterocycles. The van der Waals surface area contributed by atoms with Gasteiger partial charge in [-0.1, -0.05) is 155 Å². The van der Waals surface area contributed by atoms with Crippen molar-refractivity contribution in [3.05, 3.63) is 264 Å². The highest BCUT2D eigenvalue weighted by atomic mass is 16.5. The van der Waals surface area contributed by atoms with Crippen LogP contribution in [0.5, 0.6) is 63.2 Å². The van der Waals surface area contributed by atoms with Gasteiger partial charge in [0, 0.05) is 81.6 Å². The van der Waals surface area contributed by atoms with Crippen molar-refractivity contribution in [1.82, 2.24) is 47.8 Å². The first kappa shape index (κ1) is 97.0. The molecule has 21 nitrogen and oxygen atoms in total. The average Bonchev–Trinajstić information content (AvgIpc) is 1.67. The Labute approximate surface area is 764 Å². The van der Waals surface area contributed by atoms with Crippen molar-refractivity contribution in [3.63, 3.8) is 0 Å². The number of aryl methyl sites for hydroxylation is 4. The van der Waals surface area contributed by atoms with E-state index >= 15 is 0 Å². The van der Waals surface area contributed by atoms with Crippen molar-refractivity contribution in [2.75, 3.05) is 47.3 Å². The zero-order chi connectivity index (χ0) is 91.9. The quantitative estimate of drug-likeness (QED) is 0.0353. The van der Waals surface area contributed by atoms with Crippen LogP contribution in [0.3, 0.4) is 0 Å². The largest absolute Gasteiger partial charge is 0.497 e. The standard InChI is InChI=1S/C24H32N2O3.C21H26N2O3.2C21H26N2O2.C21H26N2O/c1-17(2)11-12-28-21-9-10-22-23(14-21)26(15-18(3)4)24(25-22)16-29-20-8-6-7-19(13-20)27-5;1-5-25-18-9-10-19-20(12-18)23(13-15(2)3)21(22-19)14-26-17-8-6-7-16(11-17)24-4;1-5-24-18-10-11-19-20(12-18)23(13-15(2)3)21(22-19)14-25-17-8-6-16(4)7-9-17;1-5-24-18-9-10-19-20(12-18)23(13-15(2)3)21(22-19)14-25-17-8-6-7-16(4)11-17;1-4-24-18-11-12-19-20(14-18)23(15-16(2)3)21(22-19)13-10-17-8-6-5-7-9-17/h6-10,13-14,17-18H,11-12,15-16H2,1-5H3;6-12,15H,5,13-14H2,1-4H3;2*6-12,15H,5,13-14H2,1-4H3;5-9,11-12,14,16H,4,10,13,15H2,1-3H3. The van der Waals surface area contributed by atoms with Gasteiger partial charge in [0.1, 0.15) is 119 Å². The third-order valence-electron chi connectivity index (χ3n) is 21.0. The Morgan fingerprint density at radius 2 is 0.535 bits per heavy atom. The van der Waals surface area contributed by atoms with E-state index in [1.54, 1.807) is 14.2 Å². The molecular formula is C108H136N10O11. The second-order valence-electron chi connectivity index (χ2n) is 34.8. The summed E-state index contributed by atoms with van der Waals surface area (Å²) in [5, 5.41) is 0. The summed E-state index contributed by atoms with van der Waals surface area (Å²) >= 11 is 0. The van der Waals surface area contributed by atoms with E-state index in [2.05, 4.69) is 205 Å². The Morgan fingerprint density at radius 3 is 0.853 bits per heavy atom. The smallest absolute Gasteiger partial charge is 0.148 e. The van der Waals surface area contributed by atoms with Gasteiger partial charge in [0.2, 0.25) is 0 Å². The van der Waals surface area contributed by atoms with E-state index < -0.39 is 0 Å². The highest BCUT2D eigenvalue weighted by molar-refractivity contribution is 5.81. The van der Waals surface area contributed by atoms with E-state index in [1.165, 1.54) is 22.2 Å². The zero-order valence-electron chi connectivity index (χ0n) is 79.7. The Bertz CT molecular complexity index is 5960. The molecule has 15 rings (SSSR count). The summed E-state index contributed by atoms with van der Waals surface area (Å²) in [7, 11) is 3.30. The first-order valence-electron chi connectivity index (χ1n) is 45.9. The van der Waals surface area contributed by atoms with E-state index in [0.29, 0.717) is 88.4 Å². The van der Waals surface area contributed by atoms with Gasteiger partial charge >= 0.3 is 0 Å². The van der Waals surface area contributed by atoms with Gasteiger partial charge in [-0.3, -0.25) is 0 Å². The molecule has 5 aromatic heterocycles. The molecule has 10 aromatic carbocycles. The van der Waals surface area contributed by atoms with Crippen molar-refractivity contribution in [1.29, 1.82) is 0 Å². The number of hydrogen-bond donors (Lipinski definition) is 0. The topological polar surface area (TPSA) is 191 Å². The van der Waals surface area contributed by atoms with Crippen molar-refractivity contribution in [2.24, 2.45) is 35.5 Å². The lowest BCUT2D eigenvalue weighted by Crippen LogP contribution is -2.11. The lowest BCUT2D eigenvalue weighted by Gasteiger charge is -2.13. The lowest BCUT2D eigenvalue weighted by molar-refractivity contribution is 0.285. The van der Waals surface area contributed by atoms with Crippen LogP contribution in [0.25, 0.3) is 55.2 Å². The molecular weight excluding hydrogens is 1610 g/mol. The minimum Gasteiger partial charge on any atom is -0.497 e. The van der Waals surface area contributed by atoms with Gasteiger partial charge in [0.15, 0.2) is 0 Å². The van der Waals surface area contributed by atoms with E-state index in [4.69, 9.17) is 77.0 Å². The molecule has 0 bridgehead atoms. The molecule has 5 heterocycles. The van der Waals surface area contributed by atoms with Gasteiger partial charge in [-0.15, -0.1) is 0 Å². The van der Waals surface area contributed by atoms with E-state index in [-0.39, 0.29) is 0 Å². The summed E-state index contributed by atoms with van der Waals surface area (Å²) in [5.41, 5.74) is 14.2. The predicted molar refractivity (Wildman–Crippen MR) is 522 cm³/mol. The number of aromatic nitrogens is 10. The van der Waals surface area contributed by atoms with Crippen LogP contribution < -0.4 is 52.1 Å². The molecule has 0 aliphatic rings. The molecule has 0 spiro atoms. The van der Waals surface area contributed by atoms with Crippen LogP contribution >= 0.6 is 0 Å². The first-order valence-corrected chi connectivity index (χ1v) is 45.9. The number of imidazole rings is 5. The Hall–Kier alpha value is -12.7. The SMILES string of the molecule is CCOc1ccc2nc(CCc3ccccc3)n(CC(C)C)c2c1.CCOc1ccc2nc(COc3ccc(C)cc3)n(CC(C)C)c2c1.CCOc1ccc2nc(COc3cccc(C)c3)n(CC(C)C)c2c1.CCOc1ccc2nc(COc3cccc(OC)c3)n(CC(C)C)c2c1.COc1cccc(OCc2nc3ccc(OCCC(C)C)cc3n2CC(C)C)c1. The Morgan fingerprint density at radius 1 is 0.248 bits per heavy atom. The molecule has 0 atom stereocenters. The van der Waals surface area contributed by atoms with Gasteiger partial charge in [-0.05, 0) is 210 Å². The lowest BCUT2D eigenvalue weighted by atomic mass is 10.1. The fourth-order valence-electron chi connectivity index (χ4n) is 15.0. The Balaban J connectivity index is 0.000000156. The molecule has 0 N–H and O–H groups in total. The number of benzene rings is 10. The molecule has 0 saturated carbocycles. The minimum absolute atomic E-state index is 0.401. The number of ether oxygens (including phenoxy) is 11. The third kappa shape index (κ3) is 28.7. The van der Waals surface area contributed by atoms with Crippen molar-refractivity contribution < 1.29 is 52.1 Å². The highest BCUT2D eigenvalue weighted by Gasteiger charge is 2.21. The molecule has 0 unspecified atom stereocenters. The second-order valence-corrected chi connectivity index (χ2v) is 34.8. The van der Waals surface area contributed by atoms with Crippen LogP contribution in [0, 0.1) is 49.4 Å². The van der Waals surface area contributed by atoms with Crippen LogP contribution in [-0.2, 0) is 72.0 Å². The molecule has 0 fully saturated rings. The molecule has 684 valence electrons. The highest BCUT2D eigenvalue weighted by Crippen LogP contribution is 2.33. The maximum absolute atomic E-state index is 6.01. The van der Waals surface area contributed by atoms with E-state index in [1.807, 2.05) is 161 Å². The number of rotatable bonds is 39. The summed E-state index contributed by atoms with van der Waals surface area (Å²) in [6, 6.07) is 72.6. The van der Waals surface area contributed by atoms with Gasteiger partial charge in [0.05, 0.1) is 102 Å². The number of hydrogen-bond acceptors (Lipinski definition) is 16. The van der Waals surface area contributed by atoms with Crippen molar-refractivity contribution in [2.45, 2.75) is 203 Å². The number of methoxy groups -OCH3 is 2. The zero-order valence-corrected chi connectivity index (χ0v) is 79.7. The molecule has 129 heavy (non-hydrogen) atoms. The summed E-state index contributed by atoms with van der Waals surface area (Å²) in [5.74, 6) is 17.4. The fraction of sp³-hybridized carbons (Fsp3) is 0.398. The summed E-state index contributed by atoms with van der Waals surface area (Å²) in [6.07, 6.45) is 3.01. The van der Waals surface area contributed by atoms with E-state index in [0.717, 1.165) is 201 Å². The third-order valence-corrected chi connectivity index (χ3v) is 21.0. The maximum Gasteiger partial charge on any atom is 0.148 e. The molecule has 21 heteroatoms. The van der Waals surface area contributed by atoms with Gasteiger partial charge in [0.25, 0.3) is 0 Å². The van der Waals surface area contributed by atoms with Crippen molar-refractivity contribution in [3.8, 4) is 63.2 Å². The van der Waals surface area contributed by atoms with Gasteiger partial charge < -0.3 is 74.9 Å². The minimum atomic E-state index is 0.401. The average molecular weight is 1750 g/mol. The number of nitrogens with zero attached hydrogens (tertiary/aromatic N) is 10. The maximum atomic E-state index is 6.01. The molecule has 15 aromatic rings. The molecule has 0 saturated heterocycles. The van der Waals surface area contributed by atoms with Crippen LogP contribution in [-0.4, -0.2) is 95.0 Å². The van der Waals surface area contributed by atoms with Crippen molar-refractivity contribution >= 4 is 55.2 Å². The van der Waals surface area contributed by atoms with Crippen LogP contribution in [0.1, 0.15) is 163 Å². The van der Waals surface area contributed by atoms with E-state index in [9.17, 15) is 0 Å². The van der Waals surface area contributed by atoms with Gasteiger partial charge in [-0.25, -0.2) is 24.9 Å². The first-order chi connectivity index (χ1) is 62.4. The predicted octanol–water partition coefficient (Wildman–Crippen LogP) is 25.2. The molecule has 0 amide bonds. The summed E-state index contributed by atoms with van der Waals surface area (Å²) < 4.78 is 74.4. The second kappa shape index (κ2) is 48.5. The monoisotopic (exact) mass is 1750 g/mol. The summed E-state index contributed by atoms with van der Waals surface area (Å²) in [6.45, 7) is 48.3. The van der Waals surface area contributed by atoms with Gasteiger partial charge in [-0.2, -0.15) is 0 Å². The fourth-order valence-corrected chi connectivity index (χ4v) is 15.0. The molecule has 0 radical (unpaired) electrons. The number of fused-ring (bicyclic) bond motifs is 5.